The number of hydrogen-bond donors (Lipinski definition) is 0. The molecule has 2 aromatic heterocycles. The van der Waals surface area contributed by atoms with Crippen LogP contribution in [-0.2, 0) is 6.54 Å². The summed E-state index contributed by atoms with van der Waals surface area (Å²) in [7, 11) is 0. The van der Waals surface area contributed by atoms with E-state index in [0.29, 0.717) is 16.8 Å². The monoisotopic (exact) mass is 333 g/mol. The number of halogens is 1. The molecule has 20 heavy (non-hydrogen) atoms. The molecule has 0 saturated heterocycles. The van der Waals surface area contributed by atoms with Gasteiger partial charge >= 0.3 is 0 Å². The summed E-state index contributed by atoms with van der Waals surface area (Å²) in [5.41, 5.74) is 1.40. The van der Waals surface area contributed by atoms with Gasteiger partial charge in [-0.05, 0) is 32.0 Å². The molecule has 0 aliphatic heterocycles. The van der Waals surface area contributed by atoms with Crippen molar-refractivity contribution in [2.75, 3.05) is 0 Å². The first-order valence-corrected chi connectivity index (χ1v) is 6.91. The zero-order valence-corrected chi connectivity index (χ0v) is 12.6. The molecule has 0 saturated carbocycles. The normalized spacial score (nSPS) is 11.2. The Bertz CT molecular complexity index is 832. The molecule has 0 aliphatic rings. The van der Waals surface area contributed by atoms with Crippen LogP contribution in [0, 0.1) is 13.8 Å². The molecule has 0 radical (unpaired) electrons. The van der Waals surface area contributed by atoms with Gasteiger partial charge in [-0.15, -0.1) is 0 Å². The lowest BCUT2D eigenvalue weighted by Gasteiger charge is -2.04. The summed E-state index contributed by atoms with van der Waals surface area (Å²) in [6.45, 7) is 4.01. The average Bonchev–Trinajstić information content (AvgIpc) is 2.72. The molecule has 0 fully saturated rings. The molecule has 3 rings (SSSR count). The maximum Gasteiger partial charge on any atom is 0.261 e. The van der Waals surface area contributed by atoms with Crippen LogP contribution >= 0.6 is 15.9 Å². The molecule has 0 amide bonds. The first kappa shape index (κ1) is 13.1. The van der Waals surface area contributed by atoms with Crippen LogP contribution in [0.4, 0.5) is 0 Å². The topological polar surface area (TPSA) is 60.9 Å². The molecular weight excluding hydrogens is 322 g/mol. The molecule has 0 bridgehead atoms. The van der Waals surface area contributed by atoms with Crippen LogP contribution in [0.1, 0.15) is 17.3 Å². The van der Waals surface area contributed by atoms with Crippen molar-refractivity contribution >= 4 is 26.8 Å². The second-order valence-electron chi connectivity index (χ2n) is 4.59. The summed E-state index contributed by atoms with van der Waals surface area (Å²) in [6.07, 6.45) is 1.52. The number of oxazole rings is 1. The number of aryl methyl sites for hydroxylation is 2. The first-order valence-electron chi connectivity index (χ1n) is 6.12. The van der Waals surface area contributed by atoms with Gasteiger partial charge in [0, 0.05) is 4.47 Å². The Morgan fingerprint density at radius 2 is 2.15 bits per heavy atom. The van der Waals surface area contributed by atoms with Gasteiger partial charge in [0.2, 0.25) is 5.89 Å². The smallest absolute Gasteiger partial charge is 0.261 e. The number of nitrogens with zero attached hydrogens (tertiary/aromatic N) is 3. The maximum absolute atomic E-state index is 12.4. The van der Waals surface area contributed by atoms with E-state index in [1.807, 2.05) is 26.0 Å². The van der Waals surface area contributed by atoms with Crippen molar-refractivity contribution in [2.24, 2.45) is 0 Å². The summed E-state index contributed by atoms with van der Waals surface area (Å²) in [6, 6.07) is 5.41. The molecular formula is C14H12BrN3O2. The van der Waals surface area contributed by atoms with Crippen molar-refractivity contribution in [3.05, 3.63) is 56.7 Å². The lowest BCUT2D eigenvalue weighted by Crippen LogP contribution is -2.21. The van der Waals surface area contributed by atoms with Gasteiger partial charge in [-0.3, -0.25) is 9.36 Å². The van der Waals surface area contributed by atoms with Gasteiger partial charge in [0.05, 0.1) is 22.9 Å². The first-order chi connectivity index (χ1) is 9.54. The predicted octanol–water partition coefficient (Wildman–Crippen LogP) is 2.81. The highest BCUT2D eigenvalue weighted by Crippen LogP contribution is 2.15. The van der Waals surface area contributed by atoms with E-state index in [0.717, 1.165) is 15.9 Å². The molecule has 1 aromatic carbocycles. The lowest BCUT2D eigenvalue weighted by atomic mass is 10.2. The van der Waals surface area contributed by atoms with Gasteiger partial charge in [0.25, 0.3) is 5.56 Å². The fourth-order valence-electron chi connectivity index (χ4n) is 2.00. The van der Waals surface area contributed by atoms with Crippen LogP contribution in [0.5, 0.6) is 0 Å². The maximum atomic E-state index is 12.4. The third kappa shape index (κ3) is 2.27. The molecule has 5 nitrogen and oxygen atoms in total. The second-order valence-corrected chi connectivity index (χ2v) is 5.50. The Hall–Kier alpha value is -1.95. The third-order valence-electron chi connectivity index (χ3n) is 3.17. The van der Waals surface area contributed by atoms with Crippen molar-refractivity contribution in [3.8, 4) is 0 Å². The molecule has 2 heterocycles. The van der Waals surface area contributed by atoms with Gasteiger partial charge in [-0.2, -0.15) is 0 Å². The summed E-state index contributed by atoms with van der Waals surface area (Å²) < 4.78 is 7.90. The van der Waals surface area contributed by atoms with Crippen LogP contribution < -0.4 is 5.56 Å². The Morgan fingerprint density at radius 3 is 2.85 bits per heavy atom. The molecule has 102 valence electrons. The van der Waals surface area contributed by atoms with Crippen LogP contribution in [0.25, 0.3) is 10.9 Å². The molecule has 3 aromatic rings. The van der Waals surface area contributed by atoms with Crippen LogP contribution in [-0.4, -0.2) is 14.5 Å². The highest BCUT2D eigenvalue weighted by atomic mass is 79.9. The van der Waals surface area contributed by atoms with Crippen molar-refractivity contribution in [2.45, 2.75) is 20.4 Å². The number of fused-ring (bicyclic) bond motifs is 1. The molecule has 0 unspecified atom stereocenters. The van der Waals surface area contributed by atoms with Gasteiger partial charge < -0.3 is 4.42 Å². The van der Waals surface area contributed by atoms with E-state index >= 15 is 0 Å². The molecule has 0 N–H and O–H groups in total. The van der Waals surface area contributed by atoms with E-state index in [1.165, 1.54) is 10.9 Å². The Labute approximate surface area is 123 Å². The minimum atomic E-state index is -0.101. The lowest BCUT2D eigenvalue weighted by molar-refractivity contribution is 0.453. The summed E-state index contributed by atoms with van der Waals surface area (Å²) in [5.74, 6) is 1.28. The van der Waals surface area contributed by atoms with Crippen LogP contribution in [0.15, 0.2) is 38.2 Å². The fraction of sp³-hybridized carbons (Fsp3) is 0.214. The summed E-state index contributed by atoms with van der Waals surface area (Å²) in [5, 5.41) is 0.579. The van der Waals surface area contributed by atoms with Crippen molar-refractivity contribution in [3.63, 3.8) is 0 Å². The largest absolute Gasteiger partial charge is 0.444 e. The van der Waals surface area contributed by atoms with Gasteiger partial charge in [0.15, 0.2) is 0 Å². The number of aromatic nitrogens is 3. The SMILES string of the molecule is Cc1nc(Cn2cnc3cc(Br)ccc3c2=O)oc1C. The van der Waals surface area contributed by atoms with Crippen molar-refractivity contribution in [1.82, 2.24) is 14.5 Å². The highest BCUT2D eigenvalue weighted by Gasteiger charge is 2.09. The van der Waals surface area contributed by atoms with E-state index in [4.69, 9.17) is 4.42 Å². The number of benzene rings is 1. The second kappa shape index (κ2) is 4.86. The standard InChI is InChI=1S/C14H12BrN3O2/c1-8-9(2)20-13(17-8)6-18-7-16-12-5-10(15)3-4-11(12)14(18)19/h3-5,7H,6H2,1-2H3. The molecule has 0 aliphatic carbocycles. The zero-order valence-electron chi connectivity index (χ0n) is 11.1. The quantitative estimate of drug-likeness (QED) is 0.723. The number of hydrogen-bond acceptors (Lipinski definition) is 4. The minimum Gasteiger partial charge on any atom is -0.444 e. The Morgan fingerprint density at radius 1 is 1.35 bits per heavy atom. The minimum absolute atomic E-state index is 0.101. The molecule has 0 atom stereocenters. The van der Waals surface area contributed by atoms with E-state index in [9.17, 15) is 4.79 Å². The summed E-state index contributed by atoms with van der Waals surface area (Å²) in [4.78, 5) is 20.9. The predicted molar refractivity (Wildman–Crippen MR) is 78.8 cm³/mol. The zero-order chi connectivity index (χ0) is 14.3. The number of rotatable bonds is 2. The fourth-order valence-corrected chi connectivity index (χ4v) is 2.35. The van der Waals surface area contributed by atoms with Crippen molar-refractivity contribution < 1.29 is 4.42 Å². The summed E-state index contributed by atoms with van der Waals surface area (Å²) >= 11 is 3.37. The highest BCUT2D eigenvalue weighted by molar-refractivity contribution is 9.10. The van der Waals surface area contributed by atoms with Gasteiger partial charge in [-0.25, -0.2) is 9.97 Å². The third-order valence-corrected chi connectivity index (χ3v) is 3.66. The van der Waals surface area contributed by atoms with E-state index in [1.54, 1.807) is 6.07 Å². The van der Waals surface area contributed by atoms with E-state index in [2.05, 4.69) is 25.9 Å². The van der Waals surface area contributed by atoms with Gasteiger partial charge in [-0.1, -0.05) is 15.9 Å². The van der Waals surface area contributed by atoms with Crippen LogP contribution in [0.3, 0.4) is 0 Å². The van der Waals surface area contributed by atoms with E-state index in [-0.39, 0.29) is 12.1 Å². The van der Waals surface area contributed by atoms with Gasteiger partial charge in [0.1, 0.15) is 12.3 Å². The van der Waals surface area contributed by atoms with Crippen molar-refractivity contribution in [1.29, 1.82) is 0 Å². The Balaban J connectivity index is 2.06. The van der Waals surface area contributed by atoms with E-state index < -0.39 is 0 Å². The molecule has 6 heteroatoms. The Kier molecular flexibility index (Phi) is 3.17. The van der Waals surface area contributed by atoms with Crippen LogP contribution in [0.2, 0.25) is 0 Å². The molecule has 0 spiro atoms. The average molecular weight is 334 g/mol.